The Hall–Kier alpha value is -2.57. The van der Waals surface area contributed by atoms with Crippen molar-refractivity contribution in [3.05, 3.63) is 41.2 Å². The van der Waals surface area contributed by atoms with Gasteiger partial charge in [-0.05, 0) is 51.0 Å². The van der Waals surface area contributed by atoms with Crippen molar-refractivity contribution >= 4 is 12.0 Å². The Bertz CT molecular complexity index is 710. The van der Waals surface area contributed by atoms with E-state index in [9.17, 15) is 14.0 Å². The topological polar surface area (TPSA) is 67.9 Å². The van der Waals surface area contributed by atoms with Gasteiger partial charge in [-0.1, -0.05) is 0 Å². The molecule has 142 valence electrons. The van der Waals surface area contributed by atoms with Crippen molar-refractivity contribution in [1.29, 1.82) is 0 Å². The molecule has 0 fully saturated rings. The van der Waals surface area contributed by atoms with Crippen LogP contribution in [0, 0.1) is 0 Å². The number of rotatable bonds is 5. The number of carbonyl (C=O) groups is 2. The second-order valence-electron chi connectivity index (χ2n) is 7.21. The molecule has 1 aliphatic heterocycles. The van der Waals surface area contributed by atoms with Gasteiger partial charge in [0.2, 0.25) is 0 Å². The van der Waals surface area contributed by atoms with Crippen LogP contribution in [0.5, 0.6) is 5.75 Å². The number of fused-ring (bicyclic) bond motifs is 1. The first-order valence-electron chi connectivity index (χ1n) is 8.46. The standard InChI is InChI=1S/C19H25FN2O4/c1-19(2,3)26-18(24)21-11-13(10-20)12-25-15-5-6-16-14(9-15)7-8-22(4)17(16)23/h5-6,9-10H,7-8,11-12H2,1-4H3,(H,21,24)/b13-10-. The van der Waals surface area contributed by atoms with Gasteiger partial charge in [0.05, 0.1) is 6.33 Å². The molecule has 2 rings (SSSR count). The van der Waals surface area contributed by atoms with Crippen molar-refractivity contribution in [2.45, 2.75) is 32.8 Å². The molecule has 2 amide bonds. The highest BCUT2D eigenvalue weighted by molar-refractivity contribution is 5.96. The number of likely N-dealkylation sites (N-methyl/N-ethyl adjacent to an activating group) is 1. The summed E-state index contributed by atoms with van der Waals surface area (Å²) in [6.07, 6.45) is 0.544. The molecule has 0 aromatic heterocycles. The lowest BCUT2D eigenvalue weighted by Gasteiger charge is -2.25. The van der Waals surface area contributed by atoms with E-state index in [2.05, 4.69) is 5.32 Å². The molecule has 7 heteroatoms. The van der Waals surface area contributed by atoms with Crippen molar-refractivity contribution in [2.75, 3.05) is 26.7 Å². The minimum atomic E-state index is -0.617. The van der Waals surface area contributed by atoms with Gasteiger partial charge in [0.15, 0.2) is 0 Å². The van der Waals surface area contributed by atoms with Crippen molar-refractivity contribution in [3.63, 3.8) is 0 Å². The van der Waals surface area contributed by atoms with E-state index in [1.54, 1.807) is 50.9 Å². The molecule has 1 aliphatic rings. The molecule has 6 nitrogen and oxygen atoms in total. The zero-order valence-corrected chi connectivity index (χ0v) is 15.6. The summed E-state index contributed by atoms with van der Waals surface area (Å²) in [4.78, 5) is 25.3. The second kappa shape index (κ2) is 8.21. The van der Waals surface area contributed by atoms with Gasteiger partial charge in [-0.3, -0.25) is 4.79 Å². The molecule has 0 saturated carbocycles. The van der Waals surface area contributed by atoms with Crippen LogP contribution >= 0.6 is 0 Å². The van der Waals surface area contributed by atoms with Crippen molar-refractivity contribution in [1.82, 2.24) is 10.2 Å². The lowest BCUT2D eigenvalue weighted by molar-refractivity contribution is 0.0531. The Labute approximate surface area is 153 Å². The average Bonchev–Trinajstić information content (AvgIpc) is 2.57. The Morgan fingerprint density at radius 3 is 2.77 bits per heavy atom. The van der Waals surface area contributed by atoms with Gasteiger partial charge in [-0.15, -0.1) is 0 Å². The number of halogens is 1. The van der Waals surface area contributed by atoms with E-state index in [1.807, 2.05) is 0 Å². The maximum Gasteiger partial charge on any atom is 0.407 e. The predicted octanol–water partition coefficient (Wildman–Crippen LogP) is 3.07. The zero-order valence-electron chi connectivity index (χ0n) is 15.6. The predicted molar refractivity (Wildman–Crippen MR) is 96.0 cm³/mol. The lowest BCUT2D eigenvalue weighted by atomic mass is 9.99. The summed E-state index contributed by atoms with van der Waals surface area (Å²) in [6, 6.07) is 5.21. The second-order valence-corrected chi connectivity index (χ2v) is 7.21. The smallest absolute Gasteiger partial charge is 0.407 e. The monoisotopic (exact) mass is 364 g/mol. The highest BCUT2D eigenvalue weighted by Crippen LogP contribution is 2.23. The molecular weight excluding hydrogens is 339 g/mol. The molecule has 0 saturated heterocycles. The summed E-state index contributed by atoms with van der Waals surface area (Å²) in [6.45, 7) is 5.88. The summed E-state index contributed by atoms with van der Waals surface area (Å²) in [5.74, 6) is 0.543. The Kier molecular flexibility index (Phi) is 6.23. The molecule has 0 bridgehead atoms. The highest BCUT2D eigenvalue weighted by atomic mass is 19.1. The van der Waals surface area contributed by atoms with Gasteiger partial charge < -0.3 is 19.7 Å². The third-order valence-electron chi connectivity index (χ3n) is 3.81. The molecule has 1 N–H and O–H groups in total. The fourth-order valence-electron chi connectivity index (χ4n) is 2.47. The molecule has 0 atom stereocenters. The van der Waals surface area contributed by atoms with Gasteiger partial charge in [0.1, 0.15) is 18.0 Å². The number of ether oxygens (including phenoxy) is 2. The molecule has 1 aromatic rings. The van der Waals surface area contributed by atoms with E-state index in [4.69, 9.17) is 9.47 Å². The number of hydrogen-bond acceptors (Lipinski definition) is 4. The normalized spacial score (nSPS) is 14.7. The number of nitrogens with one attached hydrogen (secondary N) is 1. The van der Waals surface area contributed by atoms with Crippen LogP contribution in [0.1, 0.15) is 36.7 Å². The minimum absolute atomic E-state index is 0.0105. The van der Waals surface area contributed by atoms with E-state index in [1.165, 1.54) is 0 Å². The fourth-order valence-corrected chi connectivity index (χ4v) is 2.47. The summed E-state index contributed by atoms with van der Waals surface area (Å²) in [7, 11) is 1.77. The van der Waals surface area contributed by atoms with Crippen LogP contribution in [-0.2, 0) is 11.2 Å². The van der Waals surface area contributed by atoms with E-state index in [-0.39, 0.29) is 24.6 Å². The van der Waals surface area contributed by atoms with Gasteiger partial charge in [0.25, 0.3) is 5.91 Å². The van der Waals surface area contributed by atoms with Crippen molar-refractivity contribution < 1.29 is 23.5 Å². The fraction of sp³-hybridized carbons (Fsp3) is 0.474. The molecule has 0 unspecified atom stereocenters. The lowest BCUT2D eigenvalue weighted by Crippen LogP contribution is -2.34. The summed E-state index contributed by atoms with van der Waals surface area (Å²) >= 11 is 0. The van der Waals surface area contributed by atoms with Crippen LogP contribution in [0.15, 0.2) is 30.1 Å². The van der Waals surface area contributed by atoms with Gasteiger partial charge in [0, 0.05) is 31.3 Å². The maximum atomic E-state index is 13.0. The van der Waals surface area contributed by atoms with Crippen LogP contribution < -0.4 is 10.1 Å². The number of alkyl carbamates (subject to hydrolysis) is 1. The SMILES string of the molecule is CN1CCc2cc(OC/C(=C\F)CNC(=O)OC(C)(C)C)ccc2C1=O. The average molecular weight is 364 g/mol. The number of amides is 2. The van der Waals surface area contributed by atoms with Gasteiger partial charge in [-0.25, -0.2) is 9.18 Å². The Balaban J connectivity index is 1.89. The Morgan fingerprint density at radius 1 is 1.38 bits per heavy atom. The van der Waals surface area contributed by atoms with E-state index >= 15 is 0 Å². The van der Waals surface area contributed by atoms with Gasteiger partial charge in [-0.2, -0.15) is 0 Å². The molecule has 0 radical (unpaired) electrons. The highest BCUT2D eigenvalue weighted by Gasteiger charge is 2.21. The summed E-state index contributed by atoms with van der Waals surface area (Å²) in [5, 5.41) is 2.49. The minimum Gasteiger partial charge on any atom is -0.489 e. The molecular formula is C19H25FN2O4. The number of hydrogen-bond donors (Lipinski definition) is 1. The van der Waals surface area contributed by atoms with Crippen LogP contribution in [0.3, 0.4) is 0 Å². The van der Waals surface area contributed by atoms with E-state index in [0.717, 1.165) is 12.0 Å². The number of nitrogens with zero attached hydrogens (tertiary/aromatic N) is 1. The van der Waals surface area contributed by atoms with Crippen molar-refractivity contribution in [2.24, 2.45) is 0 Å². The van der Waals surface area contributed by atoms with Crippen LogP contribution in [0.2, 0.25) is 0 Å². The molecule has 0 spiro atoms. The van der Waals surface area contributed by atoms with E-state index < -0.39 is 11.7 Å². The molecule has 0 aliphatic carbocycles. The molecule has 1 aromatic carbocycles. The first-order valence-corrected chi connectivity index (χ1v) is 8.46. The van der Waals surface area contributed by atoms with E-state index in [0.29, 0.717) is 24.2 Å². The third-order valence-corrected chi connectivity index (χ3v) is 3.81. The largest absolute Gasteiger partial charge is 0.489 e. The summed E-state index contributed by atoms with van der Waals surface area (Å²) < 4.78 is 23.7. The van der Waals surface area contributed by atoms with Crippen LogP contribution in [0.25, 0.3) is 0 Å². The van der Waals surface area contributed by atoms with Crippen LogP contribution in [0.4, 0.5) is 9.18 Å². The Morgan fingerprint density at radius 2 is 2.12 bits per heavy atom. The molecule has 26 heavy (non-hydrogen) atoms. The first kappa shape index (κ1) is 19.8. The number of carbonyl (C=O) groups excluding carboxylic acids is 2. The van der Waals surface area contributed by atoms with Gasteiger partial charge >= 0.3 is 6.09 Å². The number of benzene rings is 1. The zero-order chi connectivity index (χ0) is 19.3. The van der Waals surface area contributed by atoms with Crippen LogP contribution in [-0.4, -0.2) is 49.2 Å². The quantitative estimate of drug-likeness (QED) is 0.872. The van der Waals surface area contributed by atoms with Crippen molar-refractivity contribution in [3.8, 4) is 5.75 Å². The molecule has 1 heterocycles. The first-order chi connectivity index (χ1) is 12.2. The maximum absolute atomic E-state index is 13.0. The summed E-state index contributed by atoms with van der Waals surface area (Å²) in [5.41, 5.74) is 1.24. The third kappa shape index (κ3) is 5.47.